The molecule has 42 heavy (non-hydrogen) atoms. The monoisotopic (exact) mass is 639 g/mol. The van der Waals surface area contributed by atoms with E-state index < -0.39 is 52.7 Å². The maximum atomic E-state index is 13.7. The number of ether oxygens (including phenoxy) is 1. The fraction of sp³-hybridized carbons (Fsp3) is 0.821. The van der Waals surface area contributed by atoms with E-state index in [0.29, 0.717) is 11.2 Å². The van der Waals surface area contributed by atoms with E-state index in [9.17, 15) is 15.3 Å². The number of imidazole rings is 1. The first kappa shape index (κ1) is 35.1. The third kappa shape index (κ3) is 4.54. The summed E-state index contributed by atoms with van der Waals surface area (Å²) in [4.78, 5) is 13.2. The molecule has 2 aromatic rings. The molecule has 0 bridgehead atoms. The molecule has 0 aromatic carbocycles. The average Bonchev–Trinajstić information content (AvgIpc) is 3.34. The molecule has 14 heteroatoms. The Labute approximate surface area is 254 Å². The summed E-state index contributed by atoms with van der Waals surface area (Å²) >= 11 is 0. The Bertz CT molecular complexity index is 1330. The van der Waals surface area contributed by atoms with Gasteiger partial charge in [-0.1, -0.05) is 102 Å². The summed E-state index contributed by atoms with van der Waals surface area (Å²) < 4.78 is 8.65. The summed E-state index contributed by atoms with van der Waals surface area (Å²) in [6.45, 7) is 31.8. The lowest BCUT2D eigenvalue weighted by Gasteiger charge is -2.62. The lowest BCUT2D eigenvalue weighted by Crippen LogP contribution is -2.83. The Morgan fingerprint density at radius 2 is 1.36 bits per heavy atom. The number of nitrogens with zero attached hydrogens (tertiary/aromatic N) is 4. The van der Waals surface area contributed by atoms with Gasteiger partial charge >= 0.3 is 0 Å². The number of hydrogen-bond donors (Lipinski definition) is 6. The molecule has 1 unspecified atom stereocenters. The van der Waals surface area contributed by atoms with Crippen molar-refractivity contribution in [2.24, 2.45) is 5.84 Å². The van der Waals surface area contributed by atoms with Gasteiger partial charge in [0.05, 0.1) is 36.3 Å². The van der Waals surface area contributed by atoms with Gasteiger partial charge in [0, 0.05) is 0 Å². The minimum absolute atomic E-state index is 0.0909. The van der Waals surface area contributed by atoms with Crippen molar-refractivity contribution in [3.05, 3.63) is 6.33 Å². The minimum atomic E-state index is -3.00. The zero-order chi connectivity index (χ0) is 32.9. The fourth-order valence-corrected chi connectivity index (χ4v) is 16.3. The molecule has 3 heterocycles. The highest BCUT2D eigenvalue weighted by Crippen LogP contribution is 2.64. The Balaban J connectivity index is 2.56. The van der Waals surface area contributed by atoms with Gasteiger partial charge in [0.1, 0.15) is 22.1 Å². The molecule has 3 rings (SSSR count). The van der Waals surface area contributed by atoms with E-state index >= 15 is 0 Å². The minimum Gasteiger partial charge on any atom is -0.394 e. The van der Waals surface area contributed by atoms with Crippen molar-refractivity contribution in [1.29, 1.82) is 0 Å². The topological polar surface area (TPSA) is 178 Å². The molecule has 240 valence electrons. The molecule has 8 N–H and O–H groups in total. The predicted molar refractivity (Wildman–Crippen MR) is 179 cm³/mol. The quantitative estimate of drug-likeness (QED) is 0.149. The van der Waals surface area contributed by atoms with Crippen LogP contribution in [-0.2, 0) is 4.74 Å². The maximum Gasteiger partial charge on any atom is 0.241 e. The van der Waals surface area contributed by atoms with Crippen molar-refractivity contribution in [3.8, 4) is 0 Å². The van der Waals surface area contributed by atoms with Crippen LogP contribution in [0.25, 0.3) is 11.2 Å². The molecule has 2 aromatic heterocycles. The summed E-state index contributed by atoms with van der Waals surface area (Å²) in [5.74, 6) is 5.88. The zero-order valence-electron chi connectivity index (χ0n) is 28.5. The highest BCUT2D eigenvalue weighted by molar-refractivity contribution is 6.90. The average molecular weight is 640 g/mol. The normalized spacial score (nSPS) is 27.5. The number of aliphatic hydroxyl groups excluding tert-OH is 1. The molecule has 1 fully saturated rings. The Kier molecular flexibility index (Phi) is 8.40. The summed E-state index contributed by atoms with van der Waals surface area (Å²) in [7, 11) is -8.54. The van der Waals surface area contributed by atoms with Crippen LogP contribution in [0.2, 0.25) is 54.4 Å². The van der Waals surface area contributed by atoms with Gasteiger partial charge in [0.2, 0.25) is 5.95 Å². The van der Waals surface area contributed by atoms with Crippen LogP contribution in [-0.4, -0.2) is 81.3 Å². The molecule has 1 aliphatic rings. The van der Waals surface area contributed by atoms with Gasteiger partial charge in [0.15, 0.2) is 17.7 Å². The number of hydrazine groups is 1. The number of hydrogen-bond acceptors (Lipinski definition) is 10. The third-order valence-corrected chi connectivity index (χ3v) is 30.6. The summed E-state index contributed by atoms with van der Waals surface area (Å²) in [6.07, 6.45) is -0.648. The number of fused-ring (bicyclic) bond motifs is 1. The van der Waals surface area contributed by atoms with Crippen LogP contribution in [0.4, 0.5) is 11.8 Å². The largest absolute Gasteiger partial charge is 0.394 e. The van der Waals surface area contributed by atoms with Crippen LogP contribution < -0.4 is 17.0 Å². The maximum absolute atomic E-state index is 13.7. The molecule has 0 saturated carbocycles. The summed E-state index contributed by atoms with van der Waals surface area (Å²) in [5, 5.41) is 35.3. The molecular formula is C28H57N7O4Si3. The fourth-order valence-electron chi connectivity index (χ4n) is 6.07. The highest BCUT2D eigenvalue weighted by Gasteiger charge is 2.81. The number of nitrogens with one attached hydrogen (secondary N) is 1. The number of anilines is 2. The molecule has 0 radical (unpaired) electrons. The van der Waals surface area contributed by atoms with E-state index in [1.807, 2.05) is 0 Å². The van der Waals surface area contributed by atoms with E-state index in [2.05, 4.69) is 122 Å². The molecule has 1 saturated heterocycles. The second-order valence-corrected chi connectivity index (χ2v) is 33.6. The number of aliphatic hydroxyl groups is 3. The summed E-state index contributed by atoms with van der Waals surface area (Å²) in [6, 6.07) is 0. The summed E-state index contributed by atoms with van der Waals surface area (Å²) in [5.41, 5.74) is 8.34. The predicted octanol–water partition coefficient (Wildman–Crippen LogP) is 4.56. The van der Waals surface area contributed by atoms with Crippen molar-refractivity contribution in [2.75, 3.05) is 11.2 Å². The van der Waals surface area contributed by atoms with Gasteiger partial charge < -0.3 is 25.8 Å². The van der Waals surface area contributed by atoms with E-state index in [4.69, 9.17) is 16.3 Å². The molecule has 11 nitrogen and oxygen atoms in total. The number of aromatic nitrogens is 4. The SMILES string of the molecule is CC(C)(C)[Si](C)(C)C(O)[C@H]1O[C@@H](n2cnc3c(N)nc(NN)nc32)[C@@](O)([Si](C)(C)C(C)(C)C)[C@@]1(O)[Si](C)(C)C(C)(C)C. The lowest BCUT2D eigenvalue weighted by molar-refractivity contribution is -0.0745. The number of nitrogens with two attached hydrogens (primary N) is 2. The van der Waals surface area contributed by atoms with Crippen molar-refractivity contribution in [1.82, 2.24) is 19.5 Å². The van der Waals surface area contributed by atoms with Crippen molar-refractivity contribution >= 4 is 47.2 Å². The molecule has 5 atom stereocenters. The Morgan fingerprint density at radius 3 is 1.79 bits per heavy atom. The molecule has 0 amide bonds. The first-order chi connectivity index (χ1) is 18.6. The van der Waals surface area contributed by atoms with Gasteiger partial charge in [0.25, 0.3) is 0 Å². The highest BCUT2D eigenvalue weighted by atomic mass is 28.3. The lowest BCUT2D eigenvalue weighted by atomic mass is 10.1. The van der Waals surface area contributed by atoms with Crippen molar-refractivity contribution in [3.63, 3.8) is 0 Å². The first-order valence-corrected chi connectivity index (χ1v) is 23.9. The van der Waals surface area contributed by atoms with E-state index in [0.717, 1.165) is 0 Å². The van der Waals surface area contributed by atoms with Crippen molar-refractivity contribution in [2.45, 2.75) is 145 Å². The van der Waals surface area contributed by atoms with Crippen LogP contribution in [0, 0.1) is 0 Å². The van der Waals surface area contributed by atoms with Crippen LogP contribution in [0.5, 0.6) is 0 Å². The first-order valence-electron chi connectivity index (χ1n) is 14.8. The van der Waals surface area contributed by atoms with Gasteiger partial charge in [-0.25, -0.2) is 10.8 Å². The van der Waals surface area contributed by atoms with Gasteiger partial charge in [-0.2, -0.15) is 9.97 Å². The zero-order valence-corrected chi connectivity index (χ0v) is 31.5. The van der Waals surface area contributed by atoms with Crippen LogP contribution in [0.15, 0.2) is 6.33 Å². The third-order valence-electron chi connectivity index (χ3n) is 12.1. The standard InChI is InChI=1S/C28H57N7O4Si3/c1-24(2,3)40(10,11)21(36)18-27(37,41(12,13)25(4,5)6)28(38,42(14,15)26(7,8)9)22(39-18)35-16-31-17-19(29)32-23(34-30)33-20(17)35/h16,18,21-22,36-38H,30H2,1-15H3,(H3,29,32,33,34)/t18-,21?,22-,27+,28-/m1/s1. The van der Waals surface area contributed by atoms with Gasteiger partial charge in [-0.3, -0.25) is 9.99 Å². The van der Waals surface area contributed by atoms with E-state index in [-0.39, 0.29) is 26.9 Å². The van der Waals surface area contributed by atoms with Crippen LogP contribution in [0.3, 0.4) is 0 Å². The molecule has 1 aliphatic heterocycles. The molecular weight excluding hydrogens is 583 g/mol. The van der Waals surface area contributed by atoms with Gasteiger partial charge in [-0.15, -0.1) is 0 Å². The smallest absolute Gasteiger partial charge is 0.241 e. The van der Waals surface area contributed by atoms with Gasteiger partial charge in [-0.05, 0) is 15.1 Å². The second kappa shape index (κ2) is 10.1. The Hall–Kier alpha value is -1.40. The molecule has 0 aliphatic carbocycles. The van der Waals surface area contributed by atoms with E-state index in [1.54, 1.807) is 4.57 Å². The van der Waals surface area contributed by atoms with Crippen LogP contribution in [0.1, 0.15) is 68.5 Å². The second-order valence-electron chi connectivity index (χ2n) is 17.0. The number of rotatable bonds is 6. The molecule has 0 spiro atoms. The van der Waals surface area contributed by atoms with E-state index in [1.165, 1.54) is 6.33 Å². The Morgan fingerprint density at radius 1 is 0.881 bits per heavy atom. The number of nitrogen functional groups attached to an aromatic ring is 2. The van der Waals surface area contributed by atoms with Crippen molar-refractivity contribution < 1.29 is 20.1 Å². The van der Waals surface area contributed by atoms with Crippen LogP contribution >= 0.6 is 0 Å².